The molecule has 0 spiro atoms. The molecule has 0 heterocycles. The summed E-state index contributed by atoms with van der Waals surface area (Å²) in [5.74, 6) is -2.25. The lowest BCUT2D eigenvalue weighted by Gasteiger charge is -2.50. The molecule has 4 aliphatic rings. The molecule has 0 aliphatic heterocycles. The Morgan fingerprint density at radius 2 is 1.55 bits per heavy atom. The Labute approximate surface area is 241 Å². The Bertz CT molecular complexity index is 1010. The van der Waals surface area contributed by atoms with Crippen LogP contribution in [0.4, 0.5) is 0 Å². The third-order valence-electron chi connectivity index (χ3n) is 11.2. The van der Waals surface area contributed by atoms with Crippen molar-refractivity contribution < 1.29 is 29.6 Å². The quantitative estimate of drug-likeness (QED) is 0.133. The predicted octanol–water partition coefficient (Wildman–Crippen LogP) is 6.21. The van der Waals surface area contributed by atoms with Gasteiger partial charge in [-0.25, -0.2) is 0 Å². The van der Waals surface area contributed by atoms with E-state index < -0.39 is 28.6 Å². The molecule has 0 amide bonds. The summed E-state index contributed by atoms with van der Waals surface area (Å²) < 4.78 is 6.33. The van der Waals surface area contributed by atoms with Crippen LogP contribution in [0.2, 0.25) is 0 Å². The van der Waals surface area contributed by atoms with Crippen LogP contribution in [-0.2, 0) is 14.3 Å². The maximum Gasteiger partial charge on any atom is 0.306 e. The zero-order chi connectivity index (χ0) is 29.3. The molecule has 4 rings (SSSR count). The van der Waals surface area contributed by atoms with E-state index in [2.05, 4.69) is 20.8 Å². The van der Waals surface area contributed by atoms with E-state index in [1.165, 1.54) is 51.4 Å². The standard InChI is InChI=1S/C34H54O6/c1-6-7-8-9-10-11-12-13-14-15-16-17-28(36)40-33-20-24(3)34(39)26(29(33)31(33,4)5)19-25(22-35)21-32(38)27(34)18-23(2)30(32)37/h18-19,24,26-27,29,35,38-39H,6-17,20-22H2,1-5H3/t24-,26+,27-,29-,32-,33-,34-/m1/s1. The van der Waals surface area contributed by atoms with Crippen molar-refractivity contribution >= 4 is 11.8 Å². The largest absolute Gasteiger partial charge is 0.458 e. The minimum Gasteiger partial charge on any atom is -0.458 e. The van der Waals surface area contributed by atoms with Gasteiger partial charge in [0.2, 0.25) is 0 Å². The summed E-state index contributed by atoms with van der Waals surface area (Å²) in [5.41, 5.74) is -3.20. The molecule has 3 N–H and O–H groups in total. The fourth-order valence-electron chi connectivity index (χ4n) is 8.79. The summed E-state index contributed by atoms with van der Waals surface area (Å²) >= 11 is 0. The van der Waals surface area contributed by atoms with E-state index >= 15 is 0 Å². The van der Waals surface area contributed by atoms with Crippen LogP contribution in [0.25, 0.3) is 0 Å². The lowest BCUT2D eigenvalue weighted by atomic mass is 9.60. The van der Waals surface area contributed by atoms with E-state index in [1.54, 1.807) is 13.0 Å². The van der Waals surface area contributed by atoms with Crippen molar-refractivity contribution in [3.63, 3.8) is 0 Å². The second kappa shape index (κ2) is 12.0. The number of ketones is 1. The van der Waals surface area contributed by atoms with Gasteiger partial charge in [0.15, 0.2) is 5.78 Å². The highest BCUT2D eigenvalue weighted by Crippen LogP contribution is 2.76. The van der Waals surface area contributed by atoms with Crippen molar-refractivity contribution in [2.45, 2.75) is 141 Å². The van der Waals surface area contributed by atoms with Crippen LogP contribution in [0.3, 0.4) is 0 Å². The first kappa shape index (κ1) is 31.4. The Morgan fingerprint density at radius 1 is 0.975 bits per heavy atom. The van der Waals surface area contributed by atoms with Crippen molar-refractivity contribution in [1.29, 1.82) is 0 Å². The number of hydrogen-bond donors (Lipinski definition) is 3. The number of rotatable bonds is 14. The van der Waals surface area contributed by atoms with Gasteiger partial charge in [0.05, 0.1) is 12.2 Å². The van der Waals surface area contributed by atoms with E-state index in [4.69, 9.17) is 4.74 Å². The molecule has 0 aromatic rings. The molecule has 226 valence electrons. The topological polar surface area (TPSA) is 104 Å². The average Bonchev–Trinajstić information content (AvgIpc) is 3.31. The summed E-state index contributed by atoms with van der Waals surface area (Å²) in [6, 6.07) is 0. The molecule has 0 bridgehead atoms. The van der Waals surface area contributed by atoms with E-state index in [0.29, 0.717) is 24.0 Å². The number of aliphatic hydroxyl groups excluding tert-OH is 1. The van der Waals surface area contributed by atoms with Crippen molar-refractivity contribution in [3.8, 4) is 0 Å². The van der Waals surface area contributed by atoms with Gasteiger partial charge in [0.25, 0.3) is 0 Å². The maximum absolute atomic E-state index is 13.1. The smallest absolute Gasteiger partial charge is 0.306 e. The molecule has 2 saturated carbocycles. The summed E-state index contributed by atoms with van der Waals surface area (Å²) in [6.07, 6.45) is 18.0. The predicted molar refractivity (Wildman–Crippen MR) is 156 cm³/mol. The van der Waals surface area contributed by atoms with Crippen LogP contribution in [-0.4, -0.2) is 50.5 Å². The van der Waals surface area contributed by atoms with Crippen LogP contribution >= 0.6 is 0 Å². The number of Topliss-reactive ketones (excluding diaryl/α,β-unsaturated/α-hetero) is 1. The molecule has 6 nitrogen and oxygen atoms in total. The zero-order valence-corrected chi connectivity index (χ0v) is 25.6. The van der Waals surface area contributed by atoms with Gasteiger partial charge in [-0.1, -0.05) is 104 Å². The summed E-state index contributed by atoms with van der Waals surface area (Å²) in [5, 5.41) is 34.2. The highest BCUT2D eigenvalue weighted by atomic mass is 16.6. The maximum atomic E-state index is 13.1. The van der Waals surface area contributed by atoms with Gasteiger partial charge < -0.3 is 20.1 Å². The van der Waals surface area contributed by atoms with Crippen LogP contribution in [0.5, 0.6) is 0 Å². The molecular formula is C34H54O6. The first-order chi connectivity index (χ1) is 18.9. The van der Waals surface area contributed by atoms with Gasteiger partial charge >= 0.3 is 5.97 Å². The normalized spacial score (nSPS) is 37.5. The molecule has 40 heavy (non-hydrogen) atoms. The Balaban J connectivity index is 1.37. The van der Waals surface area contributed by atoms with E-state index in [1.807, 2.05) is 13.0 Å². The fourth-order valence-corrected chi connectivity index (χ4v) is 8.79. The molecule has 0 saturated heterocycles. The van der Waals surface area contributed by atoms with E-state index in [9.17, 15) is 24.9 Å². The molecular weight excluding hydrogens is 504 g/mol. The summed E-state index contributed by atoms with van der Waals surface area (Å²) in [6.45, 7) is 9.77. The van der Waals surface area contributed by atoms with E-state index in [0.717, 1.165) is 19.3 Å². The second-order valence-electron chi connectivity index (χ2n) is 14.1. The molecule has 6 heteroatoms. The Morgan fingerprint density at radius 3 is 2.12 bits per heavy atom. The number of esters is 1. The monoisotopic (exact) mass is 558 g/mol. The van der Waals surface area contributed by atoms with Gasteiger partial charge in [-0.3, -0.25) is 9.59 Å². The SMILES string of the molecule is CCCCCCCCCCCCCC(=O)O[C@]12C[C@@H](C)[C@@]3(O)[C@@H](C=C(CO)C[C@]4(O)C(=O)C(C)=C[C@@H]34)[C@@H]1C2(C)C. The van der Waals surface area contributed by atoms with Crippen LogP contribution in [0.1, 0.15) is 125 Å². The number of unbranched alkanes of at least 4 members (excludes halogenated alkanes) is 10. The van der Waals surface area contributed by atoms with Crippen LogP contribution < -0.4 is 0 Å². The number of hydrogen-bond acceptors (Lipinski definition) is 6. The number of fused-ring (bicyclic) bond motifs is 5. The van der Waals surface area contributed by atoms with Crippen molar-refractivity contribution in [2.24, 2.45) is 29.1 Å². The zero-order valence-electron chi connectivity index (χ0n) is 25.6. The van der Waals surface area contributed by atoms with Gasteiger partial charge in [-0.2, -0.15) is 0 Å². The molecule has 0 unspecified atom stereocenters. The van der Waals surface area contributed by atoms with Crippen molar-refractivity contribution in [3.05, 3.63) is 23.3 Å². The lowest BCUT2D eigenvalue weighted by molar-refractivity contribution is -0.187. The van der Waals surface area contributed by atoms with E-state index in [-0.39, 0.29) is 42.0 Å². The highest BCUT2D eigenvalue weighted by molar-refractivity contribution is 6.04. The molecule has 2 fully saturated rings. The van der Waals surface area contributed by atoms with Crippen LogP contribution in [0, 0.1) is 29.1 Å². The van der Waals surface area contributed by atoms with Crippen molar-refractivity contribution in [1.82, 2.24) is 0 Å². The Hall–Kier alpha value is -1.50. The number of aliphatic hydroxyl groups is 3. The average molecular weight is 559 g/mol. The molecule has 0 aromatic carbocycles. The lowest BCUT2D eigenvalue weighted by Crippen LogP contribution is -2.61. The van der Waals surface area contributed by atoms with Crippen LogP contribution in [0.15, 0.2) is 23.3 Å². The Kier molecular flexibility index (Phi) is 9.44. The first-order valence-electron chi connectivity index (χ1n) is 16.1. The third kappa shape index (κ3) is 5.26. The van der Waals surface area contributed by atoms with Gasteiger partial charge in [0, 0.05) is 36.0 Å². The summed E-state index contributed by atoms with van der Waals surface area (Å²) in [4.78, 5) is 26.2. The summed E-state index contributed by atoms with van der Waals surface area (Å²) in [7, 11) is 0. The fraction of sp³-hybridized carbons (Fsp3) is 0.824. The van der Waals surface area contributed by atoms with Gasteiger partial charge in [-0.05, 0) is 36.8 Å². The third-order valence-corrected chi connectivity index (χ3v) is 11.2. The first-order valence-corrected chi connectivity index (χ1v) is 16.1. The minimum absolute atomic E-state index is 0.00512. The van der Waals surface area contributed by atoms with Gasteiger partial charge in [0.1, 0.15) is 11.2 Å². The molecule has 0 aromatic heterocycles. The number of carbonyl (C=O) groups excluding carboxylic acids is 2. The second-order valence-corrected chi connectivity index (χ2v) is 14.1. The molecule has 7 atom stereocenters. The highest BCUT2D eigenvalue weighted by Gasteiger charge is 2.83. The van der Waals surface area contributed by atoms with Crippen molar-refractivity contribution in [2.75, 3.05) is 6.61 Å². The van der Waals surface area contributed by atoms with Gasteiger partial charge in [-0.15, -0.1) is 0 Å². The molecule has 0 radical (unpaired) electrons. The number of carbonyl (C=O) groups is 2. The number of ether oxygens (including phenoxy) is 1. The molecule has 4 aliphatic carbocycles. The minimum atomic E-state index is -1.76.